The van der Waals surface area contributed by atoms with Gasteiger partial charge in [-0.1, -0.05) is 18.9 Å². The average Bonchev–Trinajstić information content (AvgIpc) is 3.09. The summed E-state index contributed by atoms with van der Waals surface area (Å²) in [7, 11) is 0. The Hall–Kier alpha value is -3.03. The second-order valence-corrected chi connectivity index (χ2v) is 6.80. The number of nitro groups is 1. The summed E-state index contributed by atoms with van der Waals surface area (Å²) in [4.78, 5) is 22.8. The molecule has 0 aliphatic heterocycles. The molecular formula is C19H19F2N3O3. The first-order chi connectivity index (χ1) is 12.8. The molecule has 0 spiro atoms. The van der Waals surface area contributed by atoms with E-state index in [1.54, 1.807) is 0 Å². The first-order valence-corrected chi connectivity index (χ1v) is 8.61. The van der Waals surface area contributed by atoms with Gasteiger partial charge in [-0.05, 0) is 37.1 Å². The summed E-state index contributed by atoms with van der Waals surface area (Å²) in [6.45, 7) is 0.0435. The van der Waals surface area contributed by atoms with E-state index >= 15 is 0 Å². The van der Waals surface area contributed by atoms with Crippen LogP contribution < -0.4 is 11.1 Å². The number of anilines is 1. The smallest absolute Gasteiger partial charge is 0.292 e. The van der Waals surface area contributed by atoms with Crippen LogP contribution in [0.25, 0.3) is 0 Å². The van der Waals surface area contributed by atoms with E-state index in [0.717, 1.165) is 18.9 Å². The molecule has 2 aromatic carbocycles. The normalized spacial score (nSPS) is 15.5. The molecule has 6 nitrogen and oxygen atoms in total. The van der Waals surface area contributed by atoms with Crippen molar-refractivity contribution >= 4 is 17.3 Å². The standard InChI is InChI=1S/C19H19F2N3O3/c20-13-4-3-5-14(21)17(13)19(8-1-2-9-19)11-23-18(25)12-6-7-15(22)16(10-12)24(26)27/h3-7,10H,1-2,8-9,11,22H2,(H,23,25). The van der Waals surface area contributed by atoms with Gasteiger partial charge in [-0.3, -0.25) is 14.9 Å². The Kier molecular flexibility index (Phi) is 5.07. The van der Waals surface area contributed by atoms with Crippen LogP contribution in [0.15, 0.2) is 36.4 Å². The second-order valence-electron chi connectivity index (χ2n) is 6.80. The van der Waals surface area contributed by atoms with Gasteiger partial charge >= 0.3 is 0 Å². The van der Waals surface area contributed by atoms with Gasteiger partial charge in [0.15, 0.2) is 0 Å². The summed E-state index contributed by atoms with van der Waals surface area (Å²) in [5.74, 6) is -1.82. The topological polar surface area (TPSA) is 98.3 Å². The van der Waals surface area contributed by atoms with E-state index in [1.807, 2.05) is 0 Å². The van der Waals surface area contributed by atoms with Gasteiger partial charge in [-0.15, -0.1) is 0 Å². The third kappa shape index (κ3) is 3.60. The molecular weight excluding hydrogens is 356 g/mol. The molecule has 1 amide bonds. The highest BCUT2D eigenvalue weighted by atomic mass is 19.1. The number of rotatable bonds is 5. The molecule has 142 valence electrons. The molecule has 0 saturated heterocycles. The van der Waals surface area contributed by atoms with Gasteiger partial charge in [0.2, 0.25) is 0 Å². The minimum Gasteiger partial charge on any atom is -0.393 e. The van der Waals surface area contributed by atoms with Gasteiger partial charge in [0.1, 0.15) is 17.3 Å². The first-order valence-electron chi connectivity index (χ1n) is 8.61. The molecule has 0 unspecified atom stereocenters. The van der Waals surface area contributed by atoms with Crippen molar-refractivity contribution in [3.63, 3.8) is 0 Å². The van der Waals surface area contributed by atoms with Gasteiger partial charge in [-0.2, -0.15) is 0 Å². The third-order valence-corrected chi connectivity index (χ3v) is 5.13. The molecule has 0 aromatic heterocycles. The Morgan fingerprint density at radius 1 is 1.19 bits per heavy atom. The fraction of sp³-hybridized carbons (Fsp3) is 0.316. The molecule has 1 aliphatic carbocycles. The number of nitrogens with two attached hydrogens (primary N) is 1. The summed E-state index contributed by atoms with van der Waals surface area (Å²) in [6.07, 6.45) is 2.70. The molecule has 0 heterocycles. The molecule has 1 aliphatic rings. The third-order valence-electron chi connectivity index (χ3n) is 5.13. The van der Waals surface area contributed by atoms with Crippen molar-refractivity contribution in [3.05, 3.63) is 69.3 Å². The lowest BCUT2D eigenvalue weighted by molar-refractivity contribution is -0.383. The van der Waals surface area contributed by atoms with E-state index in [1.165, 1.54) is 30.3 Å². The van der Waals surface area contributed by atoms with E-state index in [4.69, 9.17) is 5.73 Å². The maximum atomic E-state index is 14.3. The zero-order valence-corrected chi connectivity index (χ0v) is 14.5. The van der Waals surface area contributed by atoms with E-state index in [2.05, 4.69) is 5.32 Å². The number of amides is 1. The van der Waals surface area contributed by atoms with E-state index < -0.39 is 27.9 Å². The molecule has 27 heavy (non-hydrogen) atoms. The van der Waals surface area contributed by atoms with Gasteiger partial charge < -0.3 is 11.1 Å². The van der Waals surface area contributed by atoms with Gasteiger partial charge in [0.25, 0.3) is 11.6 Å². The molecule has 1 fully saturated rings. The van der Waals surface area contributed by atoms with Crippen LogP contribution >= 0.6 is 0 Å². The second kappa shape index (κ2) is 7.30. The van der Waals surface area contributed by atoms with E-state index in [0.29, 0.717) is 12.8 Å². The van der Waals surface area contributed by atoms with Crippen molar-refractivity contribution < 1.29 is 18.5 Å². The van der Waals surface area contributed by atoms with Crippen LogP contribution in [0.4, 0.5) is 20.2 Å². The van der Waals surface area contributed by atoms with Crippen LogP contribution in [0.5, 0.6) is 0 Å². The summed E-state index contributed by atoms with van der Waals surface area (Å²) in [6, 6.07) is 7.49. The number of halogens is 2. The summed E-state index contributed by atoms with van der Waals surface area (Å²) < 4.78 is 28.7. The first kappa shape index (κ1) is 18.8. The number of nitrogen functional groups attached to an aromatic ring is 1. The summed E-state index contributed by atoms with van der Waals surface area (Å²) in [5, 5.41) is 13.7. The van der Waals surface area contributed by atoms with Gasteiger partial charge in [0, 0.05) is 29.2 Å². The lowest BCUT2D eigenvalue weighted by Gasteiger charge is -2.30. The van der Waals surface area contributed by atoms with E-state index in [9.17, 15) is 23.7 Å². The van der Waals surface area contributed by atoms with Crippen molar-refractivity contribution in [1.29, 1.82) is 0 Å². The Morgan fingerprint density at radius 2 is 1.81 bits per heavy atom. The minimum absolute atomic E-state index is 0.00825. The molecule has 0 atom stereocenters. The lowest BCUT2D eigenvalue weighted by Crippen LogP contribution is -2.40. The predicted octanol–water partition coefficient (Wildman–Crippen LogP) is 3.70. The Labute approximate surface area is 154 Å². The highest BCUT2D eigenvalue weighted by Crippen LogP contribution is 2.42. The zero-order chi connectivity index (χ0) is 19.6. The van der Waals surface area contributed by atoms with Crippen LogP contribution in [0.1, 0.15) is 41.6 Å². The highest BCUT2D eigenvalue weighted by Gasteiger charge is 2.40. The predicted molar refractivity (Wildman–Crippen MR) is 96.3 cm³/mol. The Morgan fingerprint density at radius 3 is 2.41 bits per heavy atom. The van der Waals surface area contributed by atoms with E-state index in [-0.39, 0.29) is 29.0 Å². The number of nitrogens with one attached hydrogen (secondary N) is 1. The fourth-order valence-corrected chi connectivity index (χ4v) is 3.77. The summed E-state index contributed by atoms with van der Waals surface area (Å²) >= 11 is 0. The van der Waals surface area contributed by atoms with Crippen molar-refractivity contribution in [1.82, 2.24) is 5.32 Å². The number of nitro benzene ring substituents is 1. The monoisotopic (exact) mass is 375 g/mol. The number of hydrogen-bond donors (Lipinski definition) is 2. The maximum Gasteiger partial charge on any atom is 0.292 e. The van der Waals surface area contributed by atoms with Crippen LogP contribution in [0.2, 0.25) is 0 Å². The molecule has 3 rings (SSSR count). The van der Waals surface area contributed by atoms with Crippen LogP contribution in [-0.4, -0.2) is 17.4 Å². The van der Waals surface area contributed by atoms with Crippen molar-refractivity contribution in [2.45, 2.75) is 31.1 Å². The molecule has 0 bridgehead atoms. The molecule has 0 radical (unpaired) electrons. The zero-order valence-electron chi connectivity index (χ0n) is 14.5. The maximum absolute atomic E-state index is 14.3. The molecule has 8 heteroatoms. The Balaban J connectivity index is 1.84. The molecule has 1 saturated carbocycles. The van der Waals surface area contributed by atoms with Gasteiger partial charge in [0.05, 0.1) is 4.92 Å². The number of hydrogen-bond acceptors (Lipinski definition) is 4. The van der Waals surface area contributed by atoms with Crippen LogP contribution in [-0.2, 0) is 5.41 Å². The van der Waals surface area contributed by atoms with Gasteiger partial charge in [-0.25, -0.2) is 8.78 Å². The number of carbonyl (C=O) groups excluding carboxylic acids is 1. The minimum atomic E-state index is -0.829. The molecule has 2 aromatic rings. The van der Waals surface area contributed by atoms with Crippen molar-refractivity contribution in [2.75, 3.05) is 12.3 Å². The van der Waals surface area contributed by atoms with Crippen molar-refractivity contribution in [2.24, 2.45) is 0 Å². The quantitative estimate of drug-likeness (QED) is 0.473. The van der Waals surface area contributed by atoms with Crippen LogP contribution in [0.3, 0.4) is 0 Å². The SMILES string of the molecule is Nc1ccc(C(=O)NCC2(c3c(F)cccc3F)CCCC2)cc1[N+](=O)[O-]. The number of nitrogens with zero attached hydrogens (tertiary/aromatic N) is 1. The van der Waals surface area contributed by atoms with Crippen LogP contribution in [0, 0.1) is 21.7 Å². The average molecular weight is 375 g/mol. The highest BCUT2D eigenvalue weighted by molar-refractivity contribution is 5.95. The fourth-order valence-electron chi connectivity index (χ4n) is 3.77. The lowest BCUT2D eigenvalue weighted by atomic mass is 9.78. The Bertz CT molecular complexity index is 876. The largest absolute Gasteiger partial charge is 0.393 e. The summed E-state index contributed by atoms with van der Waals surface area (Å²) in [5.41, 5.74) is 4.36. The number of carbonyl (C=O) groups is 1. The number of benzene rings is 2. The van der Waals surface area contributed by atoms with Crippen molar-refractivity contribution in [3.8, 4) is 0 Å². The molecule has 3 N–H and O–H groups in total.